The summed E-state index contributed by atoms with van der Waals surface area (Å²) in [5.74, 6) is 0.638. The second-order valence-corrected chi connectivity index (χ2v) is 6.00. The summed E-state index contributed by atoms with van der Waals surface area (Å²) in [7, 11) is 0. The summed E-state index contributed by atoms with van der Waals surface area (Å²) in [5, 5.41) is 3.40. The highest BCUT2D eigenvalue weighted by atomic mass is 16.2. The fourth-order valence-electron chi connectivity index (χ4n) is 3.22. The smallest absolute Gasteiger partial charge is 0.225 e. The van der Waals surface area contributed by atoms with Gasteiger partial charge in [-0.15, -0.1) is 0 Å². The first-order chi connectivity index (χ1) is 8.74. The number of nitrogens with one attached hydrogen (secondary N) is 1. The summed E-state index contributed by atoms with van der Waals surface area (Å²) >= 11 is 0. The van der Waals surface area contributed by atoms with E-state index in [0.29, 0.717) is 18.0 Å². The quantitative estimate of drug-likeness (QED) is 0.815. The van der Waals surface area contributed by atoms with E-state index in [1.54, 1.807) is 0 Å². The maximum Gasteiger partial charge on any atom is 0.225 e. The van der Waals surface area contributed by atoms with Gasteiger partial charge in [-0.25, -0.2) is 0 Å². The zero-order valence-corrected chi connectivity index (χ0v) is 12.0. The number of carbonyl (C=O) groups is 1. The Morgan fingerprint density at radius 2 is 1.83 bits per heavy atom. The molecule has 1 aliphatic heterocycles. The number of piperidine rings is 1. The molecule has 2 fully saturated rings. The molecule has 2 aliphatic rings. The van der Waals surface area contributed by atoms with Crippen LogP contribution in [0.25, 0.3) is 0 Å². The van der Waals surface area contributed by atoms with Crippen LogP contribution < -0.4 is 5.32 Å². The average molecular weight is 252 g/mol. The van der Waals surface area contributed by atoms with Crippen molar-refractivity contribution in [2.75, 3.05) is 13.1 Å². The third kappa shape index (κ3) is 3.05. The van der Waals surface area contributed by atoms with Gasteiger partial charge >= 0.3 is 0 Å². The Labute approximate surface area is 111 Å². The first kappa shape index (κ1) is 13.9. The van der Waals surface area contributed by atoms with E-state index in [1.807, 2.05) is 0 Å². The summed E-state index contributed by atoms with van der Waals surface area (Å²) in [6.45, 7) is 6.42. The highest BCUT2D eigenvalue weighted by Gasteiger charge is 2.36. The standard InChI is InChI=1S/C15H28N2O/c1-3-5-12(2)15(18)17(13-6-4-7-13)14-8-10-16-11-9-14/h12-14,16H,3-11H2,1-2H3. The summed E-state index contributed by atoms with van der Waals surface area (Å²) in [6.07, 6.45) is 8.19. The van der Waals surface area contributed by atoms with Gasteiger partial charge in [0.1, 0.15) is 0 Å². The molecule has 3 heteroatoms. The lowest BCUT2D eigenvalue weighted by molar-refractivity contribution is -0.143. The van der Waals surface area contributed by atoms with Crippen molar-refractivity contribution >= 4 is 5.91 Å². The molecule has 0 spiro atoms. The van der Waals surface area contributed by atoms with Gasteiger partial charge in [-0.1, -0.05) is 20.3 Å². The molecule has 1 aliphatic carbocycles. The van der Waals surface area contributed by atoms with Crippen LogP contribution in [-0.2, 0) is 4.79 Å². The molecule has 1 N–H and O–H groups in total. The van der Waals surface area contributed by atoms with Gasteiger partial charge in [0, 0.05) is 18.0 Å². The Morgan fingerprint density at radius 1 is 1.22 bits per heavy atom. The van der Waals surface area contributed by atoms with Gasteiger partial charge in [0.2, 0.25) is 5.91 Å². The lowest BCUT2D eigenvalue weighted by Crippen LogP contribution is -2.54. The van der Waals surface area contributed by atoms with Gasteiger partial charge in [0.25, 0.3) is 0 Å². The molecule has 1 heterocycles. The van der Waals surface area contributed by atoms with Crippen LogP contribution in [0.5, 0.6) is 0 Å². The average Bonchev–Trinajstić information content (AvgIpc) is 2.34. The van der Waals surface area contributed by atoms with E-state index in [-0.39, 0.29) is 5.92 Å². The SMILES string of the molecule is CCCC(C)C(=O)N(C1CCC1)C1CCNCC1. The Bertz CT molecular complexity index is 270. The molecule has 1 saturated heterocycles. The molecule has 0 aromatic heterocycles. The van der Waals surface area contributed by atoms with E-state index in [4.69, 9.17) is 0 Å². The van der Waals surface area contributed by atoms with Gasteiger partial charge in [-0.2, -0.15) is 0 Å². The minimum Gasteiger partial charge on any atom is -0.336 e. The monoisotopic (exact) mass is 252 g/mol. The van der Waals surface area contributed by atoms with Crippen LogP contribution in [0, 0.1) is 5.92 Å². The zero-order valence-electron chi connectivity index (χ0n) is 12.0. The normalized spacial score (nSPS) is 23.4. The fraction of sp³-hybridized carbons (Fsp3) is 0.933. The highest BCUT2D eigenvalue weighted by Crippen LogP contribution is 2.30. The minimum absolute atomic E-state index is 0.213. The van der Waals surface area contributed by atoms with Crippen molar-refractivity contribution in [1.29, 1.82) is 0 Å². The lowest BCUT2D eigenvalue weighted by atomic mass is 9.87. The van der Waals surface area contributed by atoms with Crippen LogP contribution >= 0.6 is 0 Å². The summed E-state index contributed by atoms with van der Waals surface area (Å²) in [4.78, 5) is 15.0. The van der Waals surface area contributed by atoms with Gasteiger partial charge in [-0.05, 0) is 51.6 Å². The van der Waals surface area contributed by atoms with E-state index in [9.17, 15) is 4.79 Å². The molecular weight excluding hydrogens is 224 g/mol. The number of hydrogen-bond donors (Lipinski definition) is 1. The molecule has 104 valence electrons. The van der Waals surface area contributed by atoms with Gasteiger partial charge in [0.15, 0.2) is 0 Å². The van der Waals surface area contributed by atoms with Crippen LogP contribution in [0.1, 0.15) is 58.8 Å². The second kappa shape index (κ2) is 6.55. The molecule has 1 amide bonds. The third-order valence-electron chi connectivity index (χ3n) is 4.57. The molecule has 0 aromatic carbocycles. The summed E-state index contributed by atoms with van der Waals surface area (Å²) in [5.41, 5.74) is 0. The maximum atomic E-state index is 12.7. The van der Waals surface area contributed by atoms with Crippen LogP contribution in [0.3, 0.4) is 0 Å². The first-order valence-electron chi connectivity index (χ1n) is 7.77. The molecule has 0 radical (unpaired) electrons. The lowest BCUT2D eigenvalue weighted by Gasteiger charge is -2.45. The molecule has 0 aromatic rings. The topological polar surface area (TPSA) is 32.3 Å². The largest absolute Gasteiger partial charge is 0.336 e. The molecule has 0 bridgehead atoms. The van der Waals surface area contributed by atoms with E-state index >= 15 is 0 Å². The highest BCUT2D eigenvalue weighted by molar-refractivity contribution is 5.79. The Balaban J connectivity index is 2.01. The van der Waals surface area contributed by atoms with Gasteiger partial charge < -0.3 is 10.2 Å². The molecule has 1 unspecified atom stereocenters. The number of hydrogen-bond acceptors (Lipinski definition) is 2. The van der Waals surface area contributed by atoms with E-state index < -0.39 is 0 Å². The fourth-order valence-corrected chi connectivity index (χ4v) is 3.22. The third-order valence-corrected chi connectivity index (χ3v) is 4.57. The van der Waals surface area contributed by atoms with Crippen molar-refractivity contribution in [2.45, 2.75) is 70.9 Å². The Kier molecular flexibility index (Phi) is 5.04. The number of carbonyl (C=O) groups excluding carboxylic acids is 1. The minimum atomic E-state index is 0.213. The van der Waals surface area contributed by atoms with Gasteiger partial charge in [0.05, 0.1) is 0 Å². The first-order valence-corrected chi connectivity index (χ1v) is 7.77. The van der Waals surface area contributed by atoms with E-state index in [2.05, 4.69) is 24.1 Å². The van der Waals surface area contributed by atoms with Crippen molar-refractivity contribution in [3.63, 3.8) is 0 Å². The van der Waals surface area contributed by atoms with E-state index in [1.165, 1.54) is 19.3 Å². The number of amides is 1. The number of rotatable bonds is 5. The predicted octanol–water partition coefficient (Wildman–Crippen LogP) is 2.56. The zero-order chi connectivity index (χ0) is 13.0. The maximum absolute atomic E-state index is 12.7. The van der Waals surface area contributed by atoms with Crippen LogP contribution in [0.4, 0.5) is 0 Å². The van der Waals surface area contributed by atoms with Crippen LogP contribution in [0.2, 0.25) is 0 Å². The molecule has 18 heavy (non-hydrogen) atoms. The second-order valence-electron chi connectivity index (χ2n) is 6.00. The molecule has 2 rings (SSSR count). The van der Waals surface area contributed by atoms with Crippen molar-refractivity contribution in [3.8, 4) is 0 Å². The van der Waals surface area contributed by atoms with E-state index in [0.717, 1.165) is 38.8 Å². The molecule has 3 nitrogen and oxygen atoms in total. The Hall–Kier alpha value is -0.570. The van der Waals surface area contributed by atoms with Gasteiger partial charge in [-0.3, -0.25) is 4.79 Å². The van der Waals surface area contributed by atoms with Crippen LogP contribution in [-0.4, -0.2) is 36.0 Å². The molecular formula is C15H28N2O. The van der Waals surface area contributed by atoms with Crippen molar-refractivity contribution in [1.82, 2.24) is 10.2 Å². The predicted molar refractivity (Wildman–Crippen MR) is 74.4 cm³/mol. The van der Waals surface area contributed by atoms with Crippen molar-refractivity contribution < 1.29 is 4.79 Å². The Morgan fingerprint density at radius 3 is 2.33 bits per heavy atom. The summed E-state index contributed by atoms with van der Waals surface area (Å²) < 4.78 is 0. The van der Waals surface area contributed by atoms with Crippen LogP contribution in [0.15, 0.2) is 0 Å². The molecule has 1 atom stereocenters. The van der Waals surface area contributed by atoms with Crippen molar-refractivity contribution in [3.05, 3.63) is 0 Å². The summed E-state index contributed by atoms with van der Waals surface area (Å²) in [6, 6.07) is 1.06. The number of nitrogens with zero attached hydrogens (tertiary/aromatic N) is 1. The van der Waals surface area contributed by atoms with Crippen molar-refractivity contribution in [2.24, 2.45) is 5.92 Å². The molecule has 1 saturated carbocycles.